The molecule has 0 aromatic heterocycles. The second kappa shape index (κ2) is 9.21. The maximum atomic E-state index is 13.8. The molecule has 0 aliphatic carbocycles. The number of carbonyl (C=O) groups excluding carboxylic acids is 1. The van der Waals surface area contributed by atoms with E-state index in [9.17, 15) is 9.18 Å². The molecular formula is C26H26FNO3. The maximum Gasteiger partial charge on any atom is 0.254 e. The monoisotopic (exact) mass is 419 g/mol. The quantitative estimate of drug-likeness (QED) is 0.550. The fourth-order valence-electron chi connectivity index (χ4n) is 4.32. The van der Waals surface area contributed by atoms with Crippen LogP contribution in [0.3, 0.4) is 0 Å². The van der Waals surface area contributed by atoms with Crippen LogP contribution in [0.2, 0.25) is 0 Å². The highest BCUT2D eigenvalue weighted by atomic mass is 19.1. The molecule has 160 valence electrons. The first-order valence-electron chi connectivity index (χ1n) is 10.5. The van der Waals surface area contributed by atoms with E-state index in [-0.39, 0.29) is 11.9 Å². The van der Waals surface area contributed by atoms with Crippen molar-refractivity contribution >= 4 is 5.91 Å². The van der Waals surface area contributed by atoms with Crippen molar-refractivity contribution in [2.45, 2.75) is 25.3 Å². The van der Waals surface area contributed by atoms with Crippen LogP contribution < -0.4 is 9.47 Å². The summed E-state index contributed by atoms with van der Waals surface area (Å²) in [6.45, 7) is 0.567. The summed E-state index contributed by atoms with van der Waals surface area (Å²) in [5.41, 5.74) is 3.80. The topological polar surface area (TPSA) is 38.8 Å². The predicted octanol–water partition coefficient (Wildman–Crippen LogP) is 5.22. The van der Waals surface area contributed by atoms with E-state index in [1.54, 1.807) is 26.4 Å². The van der Waals surface area contributed by atoms with E-state index >= 15 is 0 Å². The summed E-state index contributed by atoms with van der Waals surface area (Å²) in [6.07, 6.45) is 2.29. The summed E-state index contributed by atoms with van der Waals surface area (Å²) >= 11 is 0. The van der Waals surface area contributed by atoms with Gasteiger partial charge in [-0.2, -0.15) is 0 Å². The SMILES string of the molecule is COc1cc2c(cc1OC)C(CCc1ccccc1)N(C(=O)c1cccc(F)c1)CC2. The molecule has 1 amide bonds. The van der Waals surface area contributed by atoms with Gasteiger partial charge in [-0.3, -0.25) is 4.79 Å². The summed E-state index contributed by atoms with van der Waals surface area (Å²) in [5.74, 6) is 0.771. The van der Waals surface area contributed by atoms with Gasteiger partial charge >= 0.3 is 0 Å². The molecule has 4 rings (SSSR count). The third-order valence-corrected chi connectivity index (χ3v) is 5.88. The zero-order chi connectivity index (χ0) is 21.8. The minimum atomic E-state index is -0.407. The molecule has 0 N–H and O–H groups in total. The average Bonchev–Trinajstić information content (AvgIpc) is 2.81. The molecule has 4 nitrogen and oxygen atoms in total. The van der Waals surface area contributed by atoms with Crippen LogP contribution in [0, 0.1) is 5.82 Å². The number of fused-ring (bicyclic) bond motifs is 1. The van der Waals surface area contributed by atoms with E-state index in [1.807, 2.05) is 35.2 Å². The Balaban J connectivity index is 1.71. The third-order valence-electron chi connectivity index (χ3n) is 5.88. The number of ether oxygens (including phenoxy) is 2. The van der Waals surface area contributed by atoms with Crippen LogP contribution >= 0.6 is 0 Å². The van der Waals surface area contributed by atoms with Crippen molar-refractivity contribution < 1.29 is 18.7 Å². The molecule has 0 radical (unpaired) electrons. The van der Waals surface area contributed by atoms with Crippen molar-refractivity contribution in [2.24, 2.45) is 0 Å². The Morgan fingerprint density at radius 1 is 1.00 bits per heavy atom. The van der Waals surface area contributed by atoms with Crippen LogP contribution in [0.1, 0.15) is 39.5 Å². The van der Waals surface area contributed by atoms with Crippen molar-refractivity contribution in [3.63, 3.8) is 0 Å². The number of methoxy groups -OCH3 is 2. The van der Waals surface area contributed by atoms with E-state index in [0.29, 0.717) is 30.0 Å². The van der Waals surface area contributed by atoms with Gasteiger partial charge in [0.15, 0.2) is 11.5 Å². The van der Waals surface area contributed by atoms with E-state index in [2.05, 4.69) is 12.1 Å². The summed E-state index contributed by atoms with van der Waals surface area (Å²) in [7, 11) is 3.24. The number of carbonyl (C=O) groups is 1. The number of benzene rings is 3. The lowest BCUT2D eigenvalue weighted by Gasteiger charge is -2.38. The zero-order valence-electron chi connectivity index (χ0n) is 17.8. The van der Waals surface area contributed by atoms with Crippen LogP contribution in [-0.4, -0.2) is 31.6 Å². The van der Waals surface area contributed by atoms with Crippen LogP contribution in [0.25, 0.3) is 0 Å². The van der Waals surface area contributed by atoms with Gasteiger partial charge in [0.1, 0.15) is 5.82 Å². The fraction of sp³-hybridized carbons (Fsp3) is 0.269. The van der Waals surface area contributed by atoms with Gasteiger partial charge in [-0.1, -0.05) is 36.4 Å². The lowest BCUT2D eigenvalue weighted by Crippen LogP contribution is -2.40. The van der Waals surface area contributed by atoms with Gasteiger partial charge in [-0.05, 0) is 66.3 Å². The van der Waals surface area contributed by atoms with Gasteiger partial charge in [0, 0.05) is 12.1 Å². The van der Waals surface area contributed by atoms with Crippen molar-refractivity contribution in [1.82, 2.24) is 4.90 Å². The summed E-state index contributed by atoms with van der Waals surface area (Å²) in [6, 6.07) is 20.0. The molecule has 1 atom stereocenters. The Bertz CT molecular complexity index is 1070. The smallest absolute Gasteiger partial charge is 0.254 e. The van der Waals surface area contributed by atoms with Crippen LogP contribution in [0.15, 0.2) is 66.7 Å². The molecular weight excluding hydrogens is 393 g/mol. The molecule has 1 aliphatic heterocycles. The van der Waals surface area contributed by atoms with E-state index in [0.717, 1.165) is 24.0 Å². The molecule has 3 aromatic carbocycles. The van der Waals surface area contributed by atoms with Crippen molar-refractivity contribution in [1.29, 1.82) is 0 Å². The summed E-state index contributed by atoms with van der Waals surface area (Å²) in [5, 5.41) is 0. The van der Waals surface area contributed by atoms with Gasteiger partial charge in [0.25, 0.3) is 5.91 Å². The Labute approximate surface area is 182 Å². The highest BCUT2D eigenvalue weighted by Crippen LogP contribution is 2.40. The van der Waals surface area contributed by atoms with Gasteiger partial charge in [-0.15, -0.1) is 0 Å². The lowest BCUT2D eigenvalue weighted by molar-refractivity contribution is 0.0649. The molecule has 0 saturated heterocycles. The molecule has 1 heterocycles. The Morgan fingerprint density at radius 3 is 2.45 bits per heavy atom. The molecule has 1 unspecified atom stereocenters. The first kappa shape index (κ1) is 20.9. The average molecular weight is 419 g/mol. The number of nitrogens with zero attached hydrogens (tertiary/aromatic N) is 1. The number of hydrogen-bond donors (Lipinski definition) is 0. The van der Waals surface area contributed by atoms with Crippen molar-refractivity contribution in [2.75, 3.05) is 20.8 Å². The van der Waals surface area contributed by atoms with Gasteiger partial charge < -0.3 is 14.4 Å². The number of amides is 1. The van der Waals surface area contributed by atoms with Gasteiger partial charge in [0.05, 0.1) is 20.3 Å². The third kappa shape index (κ3) is 4.41. The molecule has 0 spiro atoms. The molecule has 31 heavy (non-hydrogen) atoms. The zero-order valence-corrected chi connectivity index (χ0v) is 17.8. The maximum absolute atomic E-state index is 13.8. The number of rotatable bonds is 6. The van der Waals surface area contributed by atoms with E-state index in [1.165, 1.54) is 17.7 Å². The largest absolute Gasteiger partial charge is 0.493 e. The molecule has 0 fully saturated rings. The Kier molecular flexibility index (Phi) is 6.21. The lowest BCUT2D eigenvalue weighted by atomic mass is 9.88. The standard InChI is InChI=1S/C26H26FNO3/c1-30-24-16-19-13-14-28(26(29)20-9-6-10-21(27)15-20)23(22(19)17-25(24)31-2)12-11-18-7-4-3-5-8-18/h3-10,15-17,23H,11-14H2,1-2H3. The molecule has 0 bridgehead atoms. The van der Waals surface area contributed by atoms with Gasteiger partial charge in [-0.25, -0.2) is 4.39 Å². The molecule has 0 saturated carbocycles. The van der Waals surface area contributed by atoms with E-state index in [4.69, 9.17) is 9.47 Å². The van der Waals surface area contributed by atoms with E-state index < -0.39 is 5.82 Å². The highest BCUT2D eigenvalue weighted by Gasteiger charge is 2.32. The first-order valence-corrected chi connectivity index (χ1v) is 10.5. The molecule has 1 aliphatic rings. The number of halogens is 1. The summed E-state index contributed by atoms with van der Waals surface area (Å²) < 4.78 is 24.8. The van der Waals surface area contributed by atoms with Crippen molar-refractivity contribution in [3.8, 4) is 11.5 Å². The predicted molar refractivity (Wildman–Crippen MR) is 118 cm³/mol. The minimum absolute atomic E-state index is 0.139. The number of hydrogen-bond acceptors (Lipinski definition) is 3. The Hall–Kier alpha value is -3.34. The molecule has 3 aromatic rings. The van der Waals surface area contributed by atoms with Gasteiger partial charge in [0.2, 0.25) is 0 Å². The molecule has 5 heteroatoms. The minimum Gasteiger partial charge on any atom is -0.493 e. The van der Waals surface area contributed by atoms with Crippen LogP contribution in [0.5, 0.6) is 11.5 Å². The van der Waals surface area contributed by atoms with Crippen LogP contribution in [-0.2, 0) is 12.8 Å². The Morgan fingerprint density at radius 2 is 1.74 bits per heavy atom. The second-order valence-corrected chi connectivity index (χ2v) is 7.70. The fourth-order valence-corrected chi connectivity index (χ4v) is 4.32. The van der Waals surface area contributed by atoms with Crippen molar-refractivity contribution in [3.05, 3.63) is 94.8 Å². The number of aryl methyl sites for hydroxylation is 1. The first-order chi connectivity index (χ1) is 15.1. The normalized spacial score (nSPS) is 15.3. The second-order valence-electron chi connectivity index (χ2n) is 7.70. The van der Waals surface area contributed by atoms with Crippen LogP contribution in [0.4, 0.5) is 4.39 Å². The summed E-state index contributed by atoms with van der Waals surface area (Å²) in [4.78, 5) is 15.2. The highest BCUT2D eigenvalue weighted by molar-refractivity contribution is 5.94.